The zero-order valence-electron chi connectivity index (χ0n) is 23.8. The van der Waals surface area contributed by atoms with Crippen LogP contribution in [0.3, 0.4) is 0 Å². The van der Waals surface area contributed by atoms with Crippen LogP contribution in [0.25, 0.3) is 11.0 Å². The highest BCUT2D eigenvalue weighted by atomic mass is 16.2. The van der Waals surface area contributed by atoms with Gasteiger partial charge in [0.15, 0.2) is 5.82 Å². The number of amides is 1. The molecule has 1 saturated heterocycles. The van der Waals surface area contributed by atoms with Crippen molar-refractivity contribution in [2.75, 3.05) is 24.5 Å². The number of carbonyl (C=O) groups is 1. The summed E-state index contributed by atoms with van der Waals surface area (Å²) in [7, 11) is 1.98. The summed E-state index contributed by atoms with van der Waals surface area (Å²) in [6.07, 6.45) is 8.21. The summed E-state index contributed by atoms with van der Waals surface area (Å²) >= 11 is 0. The first-order valence-corrected chi connectivity index (χ1v) is 14.8. The maximum atomic E-state index is 12.6. The van der Waals surface area contributed by atoms with Crippen molar-refractivity contribution in [3.63, 3.8) is 0 Å². The third-order valence-electron chi connectivity index (χ3n) is 10.1. The van der Waals surface area contributed by atoms with Crippen LogP contribution in [0.1, 0.15) is 67.0 Å². The lowest BCUT2D eigenvalue weighted by Gasteiger charge is -2.49. The van der Waals surface area contributed by atoms with Crippen molar-refractivity contribution in [2.45, 2.75) is 84.8 Å². The molecule has 10 heteroatoms. The first kappa shape index (κ1) is 25.0. The predicted octanol–water partition coefficient (Wildman–Crippen LogP) is 2.72. The summed E-state index contributed by atoms with van der Waals surface area (Å²) < 4.78 is 4.28. The Morgan fingerprint density at radius 3 is 2.74 bits per heavy atom. The van der Waals surface area contributed by atoms with E-state index in [1.54, 1.807) is 0 Å². The molecule has 3 atom stereocenters. The van der Waals surface area contributed by atoms with Gasteiger partial charge in [0.05, 0.1) is 17.3 Å². The Labute approximate surface area is 229 Å². The van der Waals surface area contributed by atoms with Crippen LogP contribution in [-0.2, 0) is 31.4 Å². The Morgan fingerprint density at radius 2 is 1.95 bits per heavy atom. The van der Waals surface area contributed by atoms with Gasteiger partial charge < -0.3 is 15.5 Å². The Morgan fingerprint density at radius 1 is 1.10 bits per heavy atom. The van der Waals surface area contributed by atoms with Crippen LogP contribution in [0.4, 0.5) is 5.82 Å². The number of rotatable bonds is 5. The van der Waals surface area contributed by atoms with Gasteiger partial charge in [0, 0.05) is 63.5 Å². The molecule has 0 radical (unpaired) electrons. The van der Waals surface area contributed by atoms with E-state index in [9.17, 15) is 4.79 Å². The molecule has 39 heavy (non-hydrogen) atoms. The zero-order chi connectivity index (χ0) is 26.9. The number of aryl methyl sites for hydroxylation is 4. The second-order valence-corrected chi connectivity index (χ2v) is 12.7. The van der Waals surface area contributed by atoms with E-state index < -0.39 is 0 Å². The largest absolute Gasteiger partial charge is 0.353 e. The fraction of sp³-hybridized carbons (Fsp3) is 0.690. The van der Waals surface area contributed by atoms with Crippen molar-refractivity contribution in [1.29, 1.82) is 0 Å². The molecule has 0 spiro atoms. The maximum Gasteiger partial charge on any atom is 0.225 e. The summed E-state index contributed by atoms with van der Waals surface area (Å²) in [4.78, 5) is 24.6. The molecule has 10 nitrogen and oxygen atoms in total. The minimum absolute atomic E-state index is 0.169. The summed E-state index contributed by atoms with van der Waals surface area (Å²) in [5.74, 6) is 2.79. The fourth-order valence-electron chi connectivity index (χ4n) is 7.89. The molecule has 3 aromatic heterocycles. The van der Waals surface area contributed by atoms with Gasteiger partial charge >= 0.3 is 0 Å². The molecule has 1 amide bonds. The van der Waals surface area contributed by atoms with Gasteiger partial charge in [-0.2, -0.15) is 10.2 Å². The third-order valence-corrected chi connectivity index (χ3v) is 10.1. The minimum atomic E-state index is 0.169. The molecule has 2 N–H and O–H groups in total. The van der Waals surface area contributed by atoms with Gasteiger partial charge in [-0.25, -0.2) is 9.97 Å². The summed E-state index contributed by atoms with van der Waals surface area (Å²) in [6.45, 7) is 10.5. The van der Waals surface area contributed by atoms with Crippen molar-refractivity contribution in [3.05, 3.63) is 28.5 Å². The lowest BCUT2D eigenvalue weighted by atomic mass is 9.60. The van der Waals surface area contributed by atoms with E-state index in [1.165, 1.54) is 43.4 Å². The molecule has 5 heterocycles. The van der Waals surface area contributed by atoms with Gasteiger partial charge in [-0.1, -0.05) is 6.42 Å². The molecule has 0 aromatic carbocycles. The molecular formula is C29H41N9O. The van der Waals surface area contributed by atoms with Crippen LogP contribution >= 0.6 is 0 Å². The van der Waals surface area contributed by atoms with E-state index in [4.69, 9.17) is 10.1 Å². The summed E-state index contributed by atoms with van der Waals surface area (Å²) in [5.41, 5.74) is 7.08. The minimum Gasteiger partial charge on any atom is -0.353 e. The van der Waals surface area contributed by atoms with Gasteiger partial charge in [0.1, 0.15) is 16.9 Å². The average molecular weight is 532 g/mol. The third kappa shape index (κ3) is 4.22. The normalized spacial score (nSPS) is 26.9. The monoisotopic (exact) mass is 531 g/mol. The van der Waals surface area contributed by atoms with E-state index in [1.807, 2.05) is 25.6 Å². The molecule has 3 aromatic rings. The molecule has 4 aliphatic rings. The molecule has 2 aliphatic heterocycles. The molecule has 7 rings (SSSR count). The number of fused-ring (bicyclic) bond motifs is 4. The van der Waals surface area contributed by atoms with Crippen LogP contribution in [0.5, 0.6) is 0 Å². The van der Waals surface area contributed by atoms with Gasteiger partial charge in [0.25, 0.3) is 0 Å². The van der Waals surface area contributed by atoms with Crippen molar-refractivity contribution in [1.82, 2.24) is 40.2 Å². The van der Waals surface area contributed by atoms with Crippen LogP contribution in [0, 0.1) is 38.0 Å². The number of hydrogen-bond acceptors (Lipinski definition) is 7. The lowest BCUT2D eigenvalue weighted by Crippen LogP contribution is -2.56. The Bertz CT molecular complexity index is 1440. The van der Waals surface area contributed by atoms with E-state index in [-0.39, 0.29) is 11.8 Å². The van der Waals surface area contributed by atoms with Gasteiger partial charge in [0.2, 0.25) is 5.91 Å². The predicted molar refractivity (Wildman–Crippen MR) is 149 cm³/mol. The smallest absolute Gasteiger partial charge is 0.225 e. The Hall–Kier alpha value is -3.01. The molecule has 2 aliphatic carbocycles. The highest BCUT2D eigenvalue weighted by Gasteiger charge is 2.45. The Balaban J connectivity index is 1.10. The number of nitrogens with one attached hydrogen (secondary N) is 2. The van der Waals surface area contributed by atoms with Crippen molar-refractivity contribution < 1.29 is 4.79 Å². The summed E-state index contributed by atoms with van der Waals surface area (Å²) in [5, 5.41) is 16.4. The zero-order valence-corrected chi connectivity index (χ0v) is 23.8. The first-order valence-electron chi connectivity index (χ1n) is 14.8. The van der Waals surface area contributed by atoms with Gasteiger partial charge in [-0.05, 0) is 64.2 Å². The fourth-order valence-corrected chi connectivity index (χ4v) is 7.89. The van der Waals surface area contributed by atoms with Gasteiger partial charge in [-0.15, -0.1) is 0 Å². The van der Waals surface area contributed by atoms with Crippen molar-refractivity contribution >= 4 is 22.8 Å². The number of carbonyl (C=O) groups excluding carboxylic acids is 1. The van der Waals surface area contributed by atoms with Gasteiger partial charge in [-0.3, -0.25) is 14.2 Å². The van der Waals surface area contributed by atoms with E-state index in [0.717, 1.165) is 79.6 Å². The standard InChI is InChI=1S/C29H41N9O/c1-17-22-15-37(27-26-25(31-19(3)32-27)18(2)34-36(26)4)11-8-24(22)38(35-17)16-29-9-5-6-20(12-29)23(7-10-29)33-28(39)21-13-30-14-21/h20-21,23,30H,5-16H2,1-4H3,(H,33,39). The van der Waals surface area contributed by atoms with Crippen molar-refractivity contribution in [2.24, 2.45) is 24.3 Å². The second kappa shape index (κ2) is 9.28. The number of anilines is 1. The maximum absolute atomic E-state index is 12.6. The number of aromatic nitrogens is 6. The van der Waals surface area contributed by atoms with E-state index in [2.05, 4.69) is 37.2 Å². The van der Waals surface area contributed by atoms with Crippen LogP contribution in [-0.4, -0.2) is 61.1 Å². The number of hydrogen-bond donors (Lipinski definition) is 2. The van der Waals surface area contributed by atoms with Crippen LogP contribution in [0.2, 0.25) is 0 Å². The second-order valence-electron chi connectivity index (χ2n) is 12.7. The van der Waals surface area contributed by atoms with E-state index in [0.29, 0.717) is 17.4 Å². The highest BCUT2D eigenvalue weighted by molar-refractivity contribution is 5.88. The summed E-state index contributed by atoms with van der Waals surface area (Å²) in [6, 6.07) is 0.345. The molecule has 3 unspecified atom stereocenters. The molecular weight excluding hydrogens is 490 g/mol. The lowest BCUT2D eigenvalue weighted by molar-refractivity contribution is -0.128. The molecule has 2 bridgehead atoms. The van der Waals surface area contributed by atoms with E-state index >= 15 is 0 Å². The van der Waals surface area contributed by atoms with Crippen molar-refractivity contribution in [3.8, 4) is 0 Å². The Kier molecular flexibility index (Phi) is 5.95. The van der Waals surface area contributed by atoms with Crippen LogP contribution < -0.4 is 15.5 Å². The number of nitrogens with zero attached hydrogens (tertiary/aromatic N) is 7. The first-order chi connectivity index (χ1) is 18.8. The molecule has 3 fully saturated rings. The topological polar surface area (TPSA) is 106 Å². The quantitative estimate of drug-likeness (QED) is 0.522. The molecule has 2 saturated carbocycles. The molecule has 208 valence electrons. The SMILES string of the molecule is Cc1nc(N2CCc3c(c(C)nn3CC34CCCC(C3)C(NC(=O)C3CNC3)CC4)C2)c2c(n1)c(C)nn2C. The van der Waals surface area contributed by atoms with Crippen LogP contribution in [0.15, 0.2) is 0 Å². The average Bonchev–Trinajstić information content (AvgIpc) is 3.33. The highest BCUT2D eigenvalue weighted by Crippen LogP contribution is 2.50.